The van der Waals surface area contributed by atoms with Crippen molar-refractivity contribution in [2.45, 2.75) is 37.9 Å². The van der Waals surface area contributed by atoms with Crippen LogP contribution in [0.25, 0.3) is 0 Å². The third-order valence-electron chi connectivity index (χ3n) is 3.94. The molecule has 1 fully saturated rings. The summed E-state index contributed by atoms with van der Waals surface area (Å²) in [5.41, 5.74) is -1.57. The zero-order valence-electron chi connectivity index (χ0n) is 12.0. The minimum Gasteiger partial charge on any atom is -0.481 e. The van der Waals surface area contributed by atoms with Crippen LogP contribution in [0.15, 0.2) is 18.2 Å². The fraction of sp³-hybridized carbons (Fsp3) is 0.467. The second-order valence-corrected chi connectivity index (χ2v) is 5.98. The lowest BCUT2D eigenvalue weighted by Crippen LogP contribution is -2.39. The largest absolute Gasteiger partial charge is 0.481 e. The summed E-state index contributed by atoms with van der Waals surface area (Å²) < 4.78 is 39.0. The average molecular weight is 350 g/mol. The van der Waals surface area contributed by atoms with E-state index in [9.17, 15) is 22.8 Å². The lowest BCUT2D eigenvalue weighted by atomic mass is 9.86. The molecule has 1 aromatic rings. The van der Waals surface area contributed by atoms with Gasteiger partial charge in [0.05, 0.1) is 17.0 Å². The molecule has 0 unspecified atom stereocenters. The normalized spacial score (nSPS) is 21.7. The summed E-state index contributed by atoms with van der Waals surface area (Å²) in [6, 6.07) is 2.67. The minimum atomic E-state index is -4.68. The average Bonchev–Trinajstić information content (AvgIpc) is 2.46. The van der Waals surface area contributed by atoms with Gasteiger partial charge in [0.2, 0.25) is 0 Å². The first-order valence-corrected chi connectivity index (χ1v) is 7.46. The van der Waals surface area contributed by atoms with Crippen molar-refractivity contribution in [1.82, 2.24) is 5.32 Å². The maximum atomic E-state index is 13.0. The Bertz CT molecular complexity index is 610. The Kier molecular flexibility index (Phi) is 5.19. The fourth-order valence-electron chi connectivity index (χ4n) is 2.70. The van der Waals surface area contributed by atoms with Gasteiger partial charge in [0, 0.05) is 11.1 Å². The van der Waals surface area contributed by atoms with Gasteiger partial charge in [0.1, 0.15) is 0 Å². The SMILES string of the molecule is O=C(NC1CCC(C(=O)O)CC1)c1ccc(Cl)cc1C(F)(F)F. The number of carbonyl (C=O) groups is 2. The number of hydrogen-bond donors (Lipinski definition) is 2. The Balaban J connectivity index is 2.09. The predicted octanol–water partition coefficient (Wildman–Crippen LogP) is 3.73. The Hall–Kier alpha value is -1.76. The predicted molar refractivity (Wildman–Crippen MR) is 77.3 cm³/mol. The molecule has 0 bridgehead atoms. The maximum Gasteiger partial charge on any atom is 0.417 e. The summed E-state index contributed by atoms with van der Waals surface area (Å²) in [5, 5.41) is 11.4. The molecular formula is C15H15ClF3NO3. The van der Waals surface area contributed by atoms with Crippen molar-refractivity contribution < 1.29 is 27.9 Å². The molecule has 0 radical (unpaired) electrons. The molecule has 126 valence electrons. The number of carboxylic acids is 1. The quantitative estimate of drug-likeness (QED) is 0.873. The van der Waals surface area contributed by atoms with Crippen LogP contribution in [0.4, 0.5) is 13.2 Å². The van der Waals surface area contributed by atoms with Crippen molar-refractivity contribution in [2.75, 3.05) is 0 Å². The number of hydrogen-bond acceptors (Lipinski definition) is 2. The summed E-state index contributed by atoms with van der Waals surface area (Å²) >= 11 is 5.58. The number of alkyl halides is 3. The standard InChI is InChI=1S/C15H15ClF3NO3/c16-9-3-6-11(12(7-9)15(17,18)19)13(21)20-10-4-1-8(2-5-10)14(22)23/h3,6-8,10H,1-2,4-5H2,(H,20,21)(H,22,23). The summed E-state index contributed by atoms with van der Waals surface area (Å²) in [6.45, 7) is 0. The van der Waals surface area contributed by atoms with Gasteiger partial charge in [-0.2, -0.15) is 13.2 Å². The molecular weight excluding hydrogens is 335 g/mol. The highest BCUT2D eigenvalue weighted by Crippen LogP contribution is 2.34. The zero-order chi connectivity index (χ0) is 17.2. The molecule has 1 amide bonds. The Morgan fingerprint density at radius 1 is 1.17 bits per heavy atom. The zero-order valence-corrected chi connectivity index (χ0v) is 12.7. The number of nitrogens with one attached hydrogen (secondary N) is 1. The van der Waals surface area contributed by atoms with E-state index in [-0.39, 0.29) is 11.1 Å². The van der Waals surface area contributed by atoms with Crippen molar-refractivity contribution in [1.29, 1.82) is 0 Å². The molecule has 2 rings (SSSR count). The Morgan fingerprint density at radius 3 is 2.30 bits per heavy atom. The molecule has 1 aromatic carbocycles. The van der Waals surface area contributed by atoms with E-state index in [1.807, 2.05) is 0 Å². The van der Waals surface area contributed by atoms with Crippen LogP contribution in [0.1, 0.15) is 41.6 Å². The van der Waals surface area contributed by atoms with Gasteiger partial charge in [-0.15, -0.1) is 0 Å². The first kappa shape index (κ1) is 17.6. The smallest absolute Gasteiger partial charge is 0.417 e. The second kappa shape index (κ2) is 6.78. The monoisotopic (exact) mass is 349 g/mol. The second-order valence-electron chi connectivity index (χ2n) is 5.55. The van der Waals surface area contributed by atoms with Gasteiger partial charge < -0.3 is 10.4 Å². The summed E-state index contributed by atoms with van der Waals surface area (Å²) in [7, 11) is 0. The number of benzene rings is 1. The van der Waals surface area contributed by atoms with E-state index in [4.69, 9.17) is 16.7 Å². The molecule has 0 spiro atoms. The number of carbonyl (C=O) groups excluding carboxylic acids is 1. The van der Waals surface area contributed by atoms with Crippen LogP contribution in [0.2, 0.25) is 5.02 Å². The Labute approximate surface area is 135 Å². The van der Waals surface area contributed by atoms with Gasteiger partial charge in [-0.1, -0.05) is 11.6 Å². The van der Waals surface area contributed by atoms with Crippen molar-refractivity contribution in [3.8, 4) is 0 Å². The van der Waals surface area contributed by atoms with E-state index >= 15 is 0 Å². The molecule has 0 heterocycles. The molecule has 0 aliphatic heterocycles. The molecule has 23 heavy (non-hydrogen) atoms. The highest BCUT2D eigenvalue weighted by molar-refractivity contribution is 6.30. The molecule has 0 atom stereocenters. The number of rotatable bonds is 3. The van der Waals surface area contributed by atoms with Crippen LogP contribution in [-0.4, -0.2) is 23.0 Å². The summed E-state index contributed by atoms with van der Waals surface area (Å²) in [4.78, 5) is 23.0. The number of halogens is 4. The first-order chi connectivity index (χ1) is 10.7. The molecule has 0 saturated heterocycles. The topological polar surface area (TPSA) is 66.4 Å². The maximum absolute atomic E-state index is 13.0. The van der Waals surface area contributed by atoms with Gasteiger partial charge in [-0.3, -0.25) is 9.59 Å². The lowest BCUT2D eigenvalue weighted by molar-refractivity contribution is -0.143. The Morgan fingerprint density at radius 2 is 1.78 bits per heavy atom. The molecule has 1 saturated carbocycles. The summed E-state index contributed by atoms with van der Waals surface area (Å²) in [6.07, 6.45) is -3.03. The molecule has 0 aromatic heterocycles. The van der Waals surface area contributed by atoms with Crippen LogP contribution < -0.4 is 5.32 Å². The van der Waals surface area contributed by atoms with Crippen LogP contribution in [0, 0.1) is 5.92 Å². The van der Waals surface area contributed by atoms with E-state index in [1.54, 1.807) is 0 Å². The van der Waals surface area contributed by atoms with Crippen LogP contribution >= 0.6 is 11.6 Å². The number of aliphatic carboxylic acids is 1. The highest BCUT2D eigenvalue weighted by atomic mass is 35.5. The van der Waals surface area contributed by atoms with Gasteiger partial charge in [0.15, 0.2) is 0 Å². The van der Waals surface area contributed by atoms with Gasteiger partial charge >= 0.3 is 12.1 Å². The summed E-state index contributed by atoms with van der Waals surface area (Å²) in [5.74, 6) is -2.16. The molecule has 8 heteroatoms. The molecule has 2 N–H and O–H groups in total. The van der Waals surface area contributed by atoms with Crippen molar-refractivity contribution in [2.24, 2.45) is 5.92 Å². The fourth-order valence-corrected chi connectivity index (χ4v) is 2.87. The van der Waals surface area contributed by atoms with Crippen molar-refractivity contribution >= 4 is 23.5 Å². The van der Waals surface area contributed by atoms with Gasteiger partial charge in [-0.05, 0) is 43.9 Å². The number of amides is 1. The van der Waals surface area contributed by atoms with E-state index in [1.165, 1.54) is 6.07 Å². The van der Waals surface area contributed by atoms with E-state index in [0.717, 1.165) is 12.1 Å². The third kappa shape index (κ3) is 4.37. The van der Waals surface area contributed by atoms with E-state index in [0.29, 0.717) is 25.7 Å². The highest BCUT2D eigenvalue weighted by Gasteiger charge is 2.36. The molecule has 1 aliphatic rings. The van der Waals surface area contributed by atoms with E-state index < -0.39 is 35.1 Å². The third-order valence-corrected chi connectivity index (χ3v) is 4.18. The van der Waals surface area contributed by atoms with Crippen LogP contribution in [0.3, 0.4) is 0 Å². The van der Waals surface area contributed by atoms with Crippen molar-refractivity contribution in [3.05, 3.63) is 34.3 Å². The minimum absolute atomic E-state index is 0.101. The van der Waals surface area contributed by atoms with Crippen LogP contribution in [0.5, 0.6) is 0 Å². The van der Waals surface area contributed by atoms with Gasteiger partial charge in [0.25, 0.3) is 5.91 Å². The first-order valence-electron chi connectivity index (χ1n) is 7.09. The molecule has 4 nitrogen and oxygen atoms in total. The lowest BCUT2D eigenvalue weighted by Gasteiger charge is -2.27. The van der Waals surface area contributed by atoms with E-state index in [2.05, 4.69) is 5.32 Å². The van der Waals surface area contributed by atoms with Crippen molar-refractivity contribution in [3.63, 3.8) is 0 Å². The number of carboxylic acid groups (broad SMARTS) is 1. The molecule has 1 aliphatic carbocycles. The van der Waals surface area contributed by atoms with Gasteiger partial charge in [-0.25, -0.2) is 0 Å². The van der Waals surface area contributed by atoms with Crippen LogP contribution in [-0.2, 0) is 11.0 Å².